The minimum absolute atomic E-state index is 0.469. The van der Waals surface area contributed by atoms with Gasteiger partial charge in [0.05, 0.1) is 24.1 Å². The molecule has 0 aliphatic carbocycles. The van der Waals surface area contributed by atoms with Crippen LogP contribution in [0.4, 0.5) is 5.69 Å². The summed E-state index contributed by atoms with van der Waals surface area (Å²) in [5.41, 5.74) is 3.53. The van der Waals surface area contributed by atoms with E-state index < -0.39 is 0 Å². The minimum Gasteiger partial charge on any atom is -0.364 e. The van der Waals surface area contributed by atoms with E-state index in [9.17, 15) is 0 Å². The van der Waals surface area contributed by atoms with Gasteiger partial charge in [0.1, 0.15) is 0 Å². The number of nitrogens with zero attached hydrogens (tertiary/aromatic N) is 3. The Morgan fingerprint density at radius 3 is 2.71 bits per heavy atom. The van der Waals surface area contributed by atoms with Crippen LogP contribution in [0.3, 0.4) is 0 Å². The first-order valence-electron chi connectivity index (χ1n) is 7.51. The largest absolute Gasteiger partial charge is 0.364 e. The summed E-state index contributed by atoms with van der Waals surface area (Å²) in [5.74, 6) is 0. The fourth-order valence-corrected chi connectivity index (χ4v) is 2.22. The lowest BCUT2D eigenvalue weighted by Crippen LogP contribution is -2.27. The summed E-state index contributed by atoms with van der Waals surface area (Å²) in [6, 6.07) is 8.59. The van der Waals surface area contributed by atoms with Crippen molar-refractivity contribution in [1.29, 1.82) is 0 Å². The van der Waals surface area contributed by atoms with Crippen molar-refractivity contribution in [3.05, 3.63) is 54.1 Å². The molecule has 1 N–H and O–H groups in total. The molecule has 0 saturated heterocycles. The van der Waals surface area contributed by atoms with Gasteiger partial charge in [-0.2, -0.15) is 0 Å². The molecule has 112 valence electrons. The van der Waals surface area contributed by atoms with Gasteiger partial charge in [-0.25, -0.2) is 0 Å². The Bertz CT molecular complexity index is 539. The first kappa shape index (κ1) is 15.4. The molecule has 0 bridgehead atoms. The second-order valence-corrected chi connectivity index (χ2v) is 5.38. The van der Waals surface area contributed by atoms with Crippen LogP contribution in [0.2, 0.25) is 0 Å². The number of hydrogen-bond acceptors (Lipinski definition) is 4. The van der Waals surface area contributed by atoms with Crippen LogP contribution in [0.5, 0.6) is 0 Å². The molecule has 0 unspecified atom stereocenters. The zero-order valence-electron chi connectivity index (χ0n) is 13.1. The molecule has 0 aromatic carbocycles. The third-order valence-electron chi connectivity index (χ3n) is 3.39. The van der Waals surface area contributed by atoms with Gasteiger partial charge in [0.2, 0.25) is 0 Å². The van der Waals surface area contributed by atoms with Gasteiger partial charge in [-0.1, -0.05) is 19.9 Å². The molecule has 0 aliphatic heterocycles. The van der Waals surface area contributed by atoms with Crippen molar-refractivity contribution in [2.75, 3.05) is 11.4 Å². The lowest BCUT2D eigenvalue weighted by atomic mass is 10.2. The number of rotatable bonds is 7. The van der Waals surface area contributed by atoms with Gasteiger partial charge in [-0.15, -0.1) is 0 Å². The molecule has 4 heteroatoms. The fraction of sp³-hybridized carbons (Fsp3) is 0.412. The zero-order valence-corrected chi connectivity index (χ0v) is 13.1. The molecule has 2 rings (SSSR count). The summed E-state index contributed by atoms with van der Waals surface area (Å²) < 4.78 is 0. The normalized spacial score (nSPS) is 10.9. The van der Waals surface area contributed by atoms with Crippen LogP contribution in [0, 0.1) is 0 Å². The number of aromatic nitrogens is 2. The minimum atomic E-state index is 0.469. The van der Waals surface area contributed by atoms with Crippen molar-refractivity contribution >= 4 is 5.69 Å². The van der Waals surface area contributed by atoms with Crippen LogP contribution in [-0.2, 0) is 13.1 Å². The highest BCUT2D eigenvalue weighted by molar-refractivity contribution is 5.51. The predicted molar refractivity (Wildman–Crippen MR) is 87.2 cm³/mol. The van der Waals surface area contributed by atoms with E-state index in [1.807, 2.05) is 30.7 Å². The van der Waals surface area contributed by atoms with Gasteiger partial charge < -0.3 is 10.2 Å². The third-order valence-corrected chi connectivity index (χ3v) is 3.39. The van der Waals surface area contributed by atoms with Crippen LogP contribution in [0.15, 0.2) is 42.9 Å². The van der Waals surface area contributed by atoms with E-state index in [2.05, 4.69) is 53.1 Å². The van der Waals surface area contributed by atoms with Gasteiger partial charge in [0.25, 0.3) is 0 Å². The van der Waals surface area contributed by atoms with E-state index in [-0.39, 0.29) is 0 Å². The number of nitrogens with one attached hydrogen (secondary N) is 1. The van der Waals surface area contributed by atoms with Crippen LogP contribution in [-0.4, -0.2) is 22.6 Å². The maximum Gasteiger partial charge on any atom is 0.0602 e. The Morgan fingerprint density at radius 1 is 1.19 bits per heavy atom. The Morgan fingerprint density at radius 2 is 2.05 bits per heavy atom. The van der Waals surface area contributed by atoms with Crippen LogP contribution >= 0.6 is 0 Å². The van der Waals surface area contributed by atoms with E-state index >= 15 is 0 Å². The highest BCUT2D eigenvalue weighted by Crippen LogP contribution is 2.20. The van der Waals surface area contributed by atoms with E-state index in [4.69, 9.17) is 0 Å². The van der Waals surface area contributed by atoms with Crippen molar-refractivity contribution < 1.29 is 0 Å². The zero-order chi connectivity index (χ0) is 15.1. The molecule has 4 nitrogen and oxygen atoms in total. The summed E-state index contributed by atoms with van der Waals surface area (Å²) in [6.45, 7) is 9.07. The van der Waals surface area contributed by atoms with Gasteiger partial charge in [0, 0.05) is 31.5 Å². The van der Waals surface area contributed by atoms with Gasteiger partial charge in [0.15, 0.2) is 0 Å². The highest BCUT2D eigenvalue weighted by Gasteiger charge is 2.11. The monoisotopic (exact) mass is 284 g/mol. The van der Waals surface area contributed by atoms with E-state index in [1.54, 1.807) is 0 Å². The molecule has 0 radical (unpaired) electrons. The smallest absolute Gasteiger partial charge is 0.0602 e. The Kier molecular flexibility index (Phi) is 5.69. The molecule has 2 aromatic heterocycles. The second kappa shape index (κ2) is 7.74. The maximum absolute atomic E-state index is 4.42. The second-order valence-electron chi connectivity index (χ2n) is 5.38. The average Bonchev–Trinajstić information content (AvgIpc) is 2.52. The molecular weight excluding hydrogens is 260 g/mol. The lowest BCUT2D eigenvalue weighted by molar-refractivity contribution is 0.587. The topological polar surface area (TPSA) is 41.1 Å². The first-order valence-corrected chi connectivity index (χ1v) is 7.51. The van der Waals surface area contributed by atoms with Crippen molar-refractivity contribution in [3.8, 4) is 0 Å². The van der Waals surface area contributed by atoms with Crippen molar-refractivity contribution in [3.63, 3.8) is 0 Å². The van der Waals surface area contributed by atoms with Crippen molar-refractivity contribution in [2.45, 2.75) is 39.9 Å². The van der Waals surface area contributed by atoms with E-state index in [0.717, 1.165) is 25.3 Å². The summed E-state index contributed by atoms with van der Waals surface area (Å²) in [5, 5.41) is 3.47. The molecule has 0 aliphatic rings. The molecular formula is C17H24N4. The molecule has 2 aromatic rings. The molecule has 0 fully saturated rings. The molecule has 0 atom stereocenters. The first-order chi connectivity index (χ1) is 10.2. The van der Waals surface area contributed by atoms with E-state index in [1.165, 1.54) is 11.3 Å². The maximum atomic E-state index is 4.42. The fourth-order valence-electron chi connectivity index (χ4n) is 2.22. The van der Waals surface area contributed by atoms with E-state index in [0.29, 0.717) is 6.04 Å². The number of pyridine rings is 2. The summed E-state index contributed by atoms with van der Waals surface area (Å²) in [6.07, 6.45) is 5.65. The third kappa shape index (κ3) is 4.53. The van der Waals surface area contributed by atoms with Crippen LogP contribution in [0.1, 0.15) is 32.0 Å². The number of anilines is 1. The van der Waals surface area contributed by atoms with Crippen LogP contribution in [0.25, 0.3) is 0 Å². The van der Waals surface area contributed by atoms with Crippen molar-refractivity contribution in [1.82, 2.24) is 15.3 Å². The summed E-state index contributed by atoms with van der Waals surface area (Å²) >= 11 is 0. The Hall–Kier alpha value is -1.94. The Balaban J connectivity index is 2.17. The van der Waals surface area contributed by atoms with Gasteiger partial charge in [-0.3, -0.25) is 9.97 Å². The van der Waals surface area contributed by atoms with Gasteiger partial charge >= 0.3 is 0 Å². The highest BCUT2D eigenvalue weighted by atomic mass is 15.1. The lowest BCUT2D eigenvalue weighted by Gasteiger charge is -2.25. The number of hydrogen-bond donors (Lipinski definition) is 1. The standard InChI is InChI=1S/C17H24N4/c1-4-21(13-16-7-5-6-9-19-16)17-12-18-10-8-15(17)11-20-14(2)3/h5-10,12,14,20H,4,11,13H2,1-3H3. The molecule has 21 heavy (non-hydrogen) atoms. The quantitative estimate of drug-likeness (QED) is 0.848. The molecule has 0 amide bonds. The summed E-state index contributed by atoms with van der Waals surface area (Å²) in [7, 11) is 0. The van der Waals surface area contributed by atoms with Gasteiger partial charge in [-0.05, 0) is 30.7 Å². The van der Waals surface area contributed by atoms with Crippen molar-refractivity contribution in [2.24, 2.45) is 0 Å². The Labute approximate surface area is 127 Å². The molecule has 0 saturated carbocycles. The average molecular weight is 284 g/mol. The molecule has 2 heterocycles. The SMILES string of the molecule is CCN(Cc1ccccn1)c1cnccc1CNC(C)C. The predicted octanol–water partition coefficient (Wildman–Crippen LogP) is 3.00. The summed E-state index contributed by atoms with van der Waals surface area (Å²) in [4.78, 5) is 11.0. The molecule has 0 spiro atoms. The van der Waals surface area contributed by atoms with Crippen LogP contribution < -0.4 is 10.2 Å².